The van der Waals surface area contributed by atoms with E-state index in [1.54, 1.807) is 90.1 Å². The Hall–Kier alpha value is -12.3. The molecule has 678 valence electrons. The molecule has 4 aliphatic heterocycles. The molecule has 9 N–H and O–H groups in total. The first kappa shape index (κ1) is 101. The van der Waals surface area contributed by atoms with Crippen LogP contribution in [0, 0.1) is 0 Å². The van der Waals surface area contributed by atoms with Crippen LogP contribution in [-0.2, 0) is 52.7 Å². The number of alkyl halides is 14. The van der Waals surface area contributed by atoms with Crippen LogP contribution in [0.1, 0.15) is 110 Å². The van der Waals surface area contributed by atoms with Crippen molar-refractivity contribution in [3.05, 3.63) is 175 Å². The van der Waals surface area contributed by atoms with Gasteiger partial charge in [-0.05, 0) is 177 Å². The van der Waals surface area contributed by atoms with Crippen LogP contribution in [0.25, 0.3) is 21.8 Å². The summed E-state index contributed by atoms with van der Waals surface area (Å²) < 4.78 is 174. The van der Waals surface area contributed by atoms with Gasteiger partial charge < -0.3 is 66.3 Å². The lowest BCUT2D eigenvalue weighted by molar-refractivity contribution is -0.275. The molecule has 125 heavy (non-hydrogen) atoms. The number of amides is 6. The van der Waals surface area contributed by atoms with Crippen LogP contribution in [-0.4, -0.2) is 187 Å². The lowest BCUT2D eigenvalue weighted by atomic mass is 10.0. The summed E-state index contributed by atoms with van der Waals surface area (Å²) in [5.74, 6) is -2.88. The van der Waals surface area contributed by atoms with Crippen molar-refractivity contribution < 1.29 is 134 Å². The monoisotopic (exact) mass is 1810 g/mol. The molecule has 6 amide bonds. The molecule has 4 saturated heterocycles. The van der Waals surface area contributed by atoms with Crippen molar-refractivity contribution in [2.45, 2.75) is 173 Å². The van der Waals surface area contributed by atoms with Gasteiger partial charge in [-0.25, -0.2) is 28.8 Å². The second-order valence-corrected chi connectivity index (χ2v) is 30.4. The number of nitrogens with one attached hydrogen (secondary N) is 2. The summed E-state index contributed by atoms with van der Waals surface area (Å²) in [6.07, 6.45) is -10.4. The average molecular weight is 1810 g/mol. The third-order valence-corrected chi connectivity index (χ3v) is 17.8. The van der Waals surface area contributed by atoms with Gasteiger partial charge >= 0.3 is 61.7 Å². The van der Waals surface area contributed by atoms with Crippen molar-refractivity contribution in [3.8, 4) is 23.0 Å². The number of nitrogen functional groups attached to an aromatic ring is 1. The summed E-state index contributed by atoms with van der Waals surface area (Å²) in [5.41, 5.74) is 18.2. The third kappa shape index (κ3) is 34.7. The van der Waals surface area contributed by atoms with Crippen molar-refractivity contribution in [1.29, 1.82) is 0 Å². The van der Waals surface area contributed by atoms with Gasteiger partial charge in [0, 0.05) is 73.8 Å². The van der Waals surface area contributed by atoms with Gasteiger partial charge in [0.25, 0.3) is 0 Å². The molecular weight excluding hydrogens is 1720 g/mol. The van der Waals surface area contributed by atoms with E-state index >= 15 is 0 Å². The fourth-order valence-electron chi connectivity index (χ4n) is 12.9. The van der Waals surface area contributed by atoms with Gasteiger partial charge in [0.15, 0.2) is 23.6 Å². The van der Waals surface area contributed by atoms with Crippen LogP contribution in [0.5, 0.6) is 23.0 Å². The topological polar surface area (TPSA) is 380 Å². The van der Waals surface area contributed by atoms with Crippen molar-refractivity contribution in [3.63, 3.8) is 0 Å². The Labute approximate surface area is 718 Å². The van der Waals surface area contributed by atoms with Gasteiger partial charge in [0.05, 0.1) is 52.1 Å². The Balaban J connectivity index is 0.000000238. The molecule has 12 rings (SSSR count). The number of aromatic nitrogens is 2. The number of urea groups is 1. The van der Waals surface area contributed by atoms with Crippen molar-refractivity contribution in [1.82, 2.24) is 29.2 Å². The van der Waals surface area contributed by atoms with E-state index in [1.165, 1.54) is 103 Å². The number of para-hydroxylation sites is 2. The highest BCUT2D eigenvalue weighted by Crippen LogP contribution is 2.34. The molecule has 6 heterocycles. The minimum Gasteiger partial charge on any atom is -0.480 e. The van der Waals surface area contributed by atoms with Gasteiger partial charge in [-0.2, -0.15) is 0 Å². The lowest BCUT2D eigenvalue weighted by Gasteiger charge is -2.28. The number of carbonyl (C=O) groups is 10. The highest BCUT2D eigenvalue weighted by atomic mass is 35.5. The number of carbonyl (C=O) groups excluding carboxylic acids is 9. The number of rotatable bonds is 17. The SMILES string of the molecule is CC(C)(C)OC(=O)N1CCC[C@H]1C(=O)Cc1cccc(OC(F)(F)F)c1.CC(C)(C)OC(=O)N1CCC[C@H]1C(=O)O.ClCCl.NC(=O)n1cc(N=CC=O)c2ccccc21.NC(=O)n1cc(NC(=O)N2CCC[C@H]2C(=O)Cc2cccc(OC(F)(F)F)c2)c2ccccc21.Nc1cccc(OC(F)(F)F)c1.O=C(Cc1cccc(OC(F)(F)F)c1)[C@@H]1CCCN1. The molecule has 4 aliphatic rings. The first-order chi connectivity index (χ1) is 58.4. The van der Waals surface area contributed by atoms with E-state index in [0.717, 1.165) is 55.6 Å². The molecule has 2 aromatic heterocycles. The molecule has 0 bridgehead atoms. The number of nitrogens with zero attached hydrogens (tertiary/aromatic N) is 6. The molecule has 0 spiro atoms. The Bertz CT molecular complexity index is 5050. The Morgan fingerprint density at radius 3 is 1.27 bits per heavy atom. The number of aliphatic imine (C=N–C) groups is 1. The van der Waals surface area contributed by atoms with E-state index in [-0.39, 0.29) is 70.9 Å². The fraction of sp³-hybridized carbons (Fsp3) is 0.386. The minimum absolute atomic E-state index is 0.00154. The maximum absolute atomic E-state index is 13.0. The number of carboxylic acid groups (broad SMARTS) is 1. The van der Waals surface area contributed by atoms with Crippen LogP contribution >= 0.6 is 23.2 Å². The Kier molecular flexibility index (Phi) is 37.2. The molecule has 0 saturated carbocycles. The molecule has 42 heteroatoms. The largest absolute Gasteiger partial charge is 0.573 e. The summed E-state index contributed by atoms with van der Waals surface area (Å²) in [6.45, 7) is 12.5. The Morgan fingerprint density at radius 2 is 0.872 bits per heavy atom. The third-order valence-electron chi connectivity index (χ3n) is 17.8. The Morgan fingerprint density at radius 1 is 0.496 bits per heavy atom. The fourth-order valence-corrected chi connectivity index (χ4v) is 12.9. The maximum atomic E-state index is 13.0. The van der Waals surface area contributed by atoms with Crippen LogP contribution in [0.4, 0.5) is 93.7 Å². The first-order valence-electron chi connectivity index (χ1n) is 38.1. The molecule has 0 unspecified atom stereocenters. The molecule has 6 aromatic carbocycles. The molecule has 4 atom stereocenters. The second-order valence-electron chi connectivity index (χ2n) is 29.6. The number of primary amides is 2. The standard InChI is InChI=1S/C23H21F3N4O4.C18H22F3NO4.C13H14F3NO2.C11H9N3O2.C10H17NO4.C7H6F3NO.CH2Cl2/c24-23(25,26)34-15-6-3-5-14(11-15)12-20(31)19-9-4-10-29(19)22(33)28-17-13-30(21(27)32)18-8-2-1-7-16(17)18;1-17(2,3)26-16(24)22-9-5-8-14(22)15(23)11-12-6-4-7-13(10-12)25-18(19,20)21;14-13(15,16)19-10-4-1-3-9(7-10)8-12(18)11-5-2-6-17-11;12-11(16)14-7-9(13-5-6-15)8-3-1-2-4-10(8)14;1-10(2,3)15-9(14)11-6-4-5-7(11)8(12)13;8-7(9,10)12-6-3-1-2-5(11)4-6;2-1-3/h1-3,5-8,11,13,19H,4,9-10,12H2,(H2,27,32)(H,28,33);4,6-7,10,14H,5,8-9,11H2,1-3H3;1,3-4,7,11,17H,2,5-6,8H2;1-7H,(H2,12,16);7H,4-6H2,1-3H3,(H,12,13);1-4H,11H2;1H2/t19-;14-;11-;;7-;;/m000.0../s1. The number of hydrogen-bond acceptors (Lipinski definition) is 19. The number of hydrogen-bond donors (Lipinski definition) is 6. The number of benzene rings is 6. The normalized spacial score (nSPS) is 16.2. The number of likely N-dealkylation sites (tertiary alicyclic amines) is 3. The molecule has 28 nitrogen and oxygen atoms in total. The number of nitrogens with two attached hydrogens (primary N) is 3. The van der Waals surface area contributed by atoms with Crippen LogP contribution in [0.15, 0.2) is 163 Å². The van der Waals surface area contributed by atoms with Crippen molar-refractivity contribution in [2.75, 3.05) is 42.6 Å². The van der Waals surface area contributed by atoms with E-state index in [4.69, 9.17) is 55.0 Å². The molecule has 4 fully saturated rings. The average Bonchev–Trinajstić information content (AvgIpc) is 1.74. The summed E-state index contributed by atoms with van der Waals surface area (Å²) >= 11 is 9.53. The van der Waals surface area contributed by atoms with Gasteiger partial charge in [-0.3, -0.25) is 43.1 Å². The number of halogens is 14. The maximum Gasteiger partial charge on any atom is 0.573 e. The number of ketones is 3. The lowest BCUT2D eigenvalue weighted by Crippen LogP contribution is -2.43. The zero-order chi connectivity index (χ0) is 93.0. The second kappa shape index (κ2) is 45.9. The smallest absolute Gasteiger partial charge is 0.480 e. The highest BCUT2D eigenvalue weighted by Gasteiger charge is 2.41. The van der Waals surface area contributed by atoms with Crippen LogP contribution in [0.3, 0.4) is 0 Å². The summed E-state index contributed by atoms with van der Waals surface area (Å²) in [6, 6.07) is 31.2. The summed E-state index contributed by atoms with van der Waals surface area (Å²) in [5, 5.41) is 16.3. The number of fused-ring (bicyclic) bond motifs is 2. The summed E-state index contributed by atoms with van der Waals surface area (Å²) in [4.78, 5) is 126. The van der Waals surface area contributed by atoms with Gasteiger partial charge in [0.2, 0.25) is 0 Å². The quantitative estimate of drug-likeness (QED) is 0.0162. The minimum atomic E-state index is -4.83. The van der Waals surface area contributed by atoms with Crippen molar-refractivity contribution >= 4 is 128 Å². The number of aldehydes is 1. The van der Waals surface area contributed by atoms with Crippen LogP contribution in [0.2, 0.25) is 0 Å². The molecule has 0 radical (unpaired) electrons. The van der Waals surface area contributed by atoms with Gasteiger partial charge in [-0.15, -0.1) is 75.9 Å². The van der Waals surface area contributed by atoms with E-state index < -0.39 is 96.8 Å². The van der Waals surface area contributed by atoms with E-state index in [0.29, 0.717) is 103 Å². The number of carboxylic acids is 1. The first-order valence-corrected chi connectivity index (χ1v) is 39.2. The van der Waals surface area contributed by atoms with E-state index in [9.17, 15) is 101 Å². The van der Waals surface area contributed by atoms with Crippen LogP contribution < -0.4 is 46.8 Å². The molecule has 8 aromatic rings. The van der Waals surface area contributed by atoms with Gasteiger partial charge in [-0.1, -0.05) is 78.9 Å². The number of ether oxygens (including phenoxy) is 6. The predicted molar refractivity (Wildman–Crippen MR) is 437 cm³/mol. The number of aliphatic carboxylic acids is 1. The van der Waals surface area contributed by atoms with Gasteiger partial charge in [0.1, 0.15) is 40.2 Å². The number of Topliss-reactive ketones (excluding diaryl/α,β-unsaturated/α-hetero) is 3. The van der Waals surface area contributed by atoms with E-state index in [2.05, 4.69) is 34.6 Å². The zero-order valence-electron chi connectivity index (χ0n) is 68.0. The number of anilines is 2. The highest BCUT2D eigenvalue weighted by molar-refractivity contribution is 6.40. The summed E-state index contributed by atoms with van der Waals surface area (Å²) in [7, 11) is 0. The molecule has 0 aliphatic carbocycles. The predicted octanol–water partition coefficient (Wildman–Crippen LogP) is 17.3. The van der Waals surface area contributed by atoms with Crippen molar-refractivity contribution in [2.24, 2.45) is 16.5 Å². The zero-order valence-corrected chi connectivity index (χ0v) is 69.5. The van der Waals surface area contributed by atoms with E-state index in [1.807, 2.05) is 12.1 Å². The molecular formula is C83H91Cl2F12N11O17.